The van der Waals surface area contributed by atoms with Crippen molar-refractivity contribution in [2.45, 2.75) is 19.5 Å². The minimum Gasteiger partial charge on any atom is -0.340 e. The molecule has 33 heavy (non-hydrogen) atoms. The summed E-state index contributed by atoms with van der Waals surface area (Å²) in [7, 11) is 0. The number of rotatable bonds is 6. The summed E-state index contributed by atoms with van der Waals surface area (Å²) in [5.74, 6) is 1.74. The smallest absolute Gasteiger partial charge is 0.340 e. The van der Waals surface area contributed by atoms with Crippen molar-refractivity contribution < 1.29 is 18.0 Å². The van der Waals surface area contributed by atoms with Crippen LogP contribution in [0.5, 0.6) is 0 Å². The number of nitrogens with one attached hydrogen (secondary N) is 2. The van der Waals surface area contributed by atoms with Crippen LogP contribution in [-0.4, -0.2) is 25.4 Å². The molecular formula is C23H19F3N6O. The highest BCUT2D eigenvalue weighted by atomic mass is 19.4. The lowest BCUT2D eigenvalue weighted by atomic mass is 10.1. The van der Waals surface area contributed by atoms with Crippen LogP contribution in [0, 0.1) is 6.92 Å². The Morgan fingerprint density at radius 1 is 0.970 bits per heavy atom. The summed E-state index contributed by atoms with van der Waals surface area (Å²) in [5.41, 5.74) is 1.06. The van der Waals surface area contributed by atoms with Crippen LogP contribution in [0.4, 0.5) is 30.4 Å². The van der Waals surface area contributed by atoms with Crippen molar-refractivity contribution >= 4 is 23.1 Å². The van der Waals surface area contributed by atoms with Gasteiger partial charge in [0, 0.05) is 29.8 Å². The molecule has 0 unspecified atom stereocenters. The highest BCUT2D eigenvalue weighted by Gasteiger charge is 2.29. The summed E-state index contributed by atoms with van der Waals surface area (Å²) in [4.78, 5) is 24.9. The van der Waals surface area contributed by atoms with Crippen LogP contribution in [0.25, 0.3) is 5.82 Å². The Labute approximate surface area is 187 Å². The van der Waals surface area contributed by atoms with Gasteiger partial charge in [-0.1, -0.05) is 12.1 Å². The SMILES string of the molecule is Cc1nccn1-c1cc(Nc2ccc(NC(=O)Cc3ccc(C(F)(F)F)cc3)cc2)ncn1. The number of aryl methyl sites for hydroxylation is 1. The molecule has 2 aromatic carbocycles. The van der Waals surface area contributed by atoms with Crippen LogP contribution in [0.15, 0.2) is 73.3 Å². The van der Waals surface area contributed by atoms with E-state index in [4.69, 9.17) is 0 Å². The Bertz CT molecular complexity index is 1250. The molecule has 0 bridgehead atoms. The molecule has 0 aliphatic carbocycles. The second kappa shape index (κ2) is 9.11. The highest BCUT2D eigenvalue weighted by Crippen LogP contribution is 2.29. The maximum atomic E-state index is 12.6. The van der Waals surface area contributed by atoms with Crippen molar-refractivity contribution in [2.24, 2.45) is 0 Å². The van der Waals surface area contributed by atoms with Crippen LogP contribution in [0.1, 0.15) is 17.0 Å². The number of amides is 1. The molecule has 0 atom stereocenters. The minimum atomic E-state index is -4.40. The maximum absolute atomic E-state index is 12.6. The van der Waals surface area contributed by atoms with Crippen molar-refractivity contribution in [3.8, 4) is 5.82 Å². The van der Waals surface area contributed by atoms with Gasteiger partial charge in [0.2, 0.25) is 5.91 Å². The van der Waals surface area contributed by atoms with E-state index in [1.807, 2.05) is 17.7 Å². The van der Waals surface area contributed by atoms with Crippen LogP contribution in [0.3, 0.4) is 0 Å². The van der Waals surface area contributed by atoms with E-state index in [1.165, 1.54) is 18.5 Å². The molecule has 2 aromatic heterocycles. The van der Waals surface area contributed by atoms with E-state index in [0.29, 0.717) is 22.9 Å². The number of aromatic nitrogens is 4. The van der Waals surface area contributed by atoms with E-state index in [-0.39, 0.29) is 12.3 Å². The molecule has 0 spiro atoms. The molecule has 0 saturated heterocycles. The molecule has 0 aliphatic heterocycles. The van der Waals surface area contributed by atoms with Crippen molar-refractivity contribution in [1.82, 2.24) is 19.5 Å². The Morgan fingerprint density at radius 3 is 2.30 bits per heavy atom. The van der Waals surface area contributed by atoms with Gasteiger partial charge in [-0.05, 0) is 48.9 Å². The zero-order chi connectivity index (χ0) is 23.4. The van der Waals surface area contributed by atoms with E-state index >= 15 is 0 Å². The monoisotopic (exact) mass is 452 g/mol. The maximum Gasteiger partial charge on any atom is 0.416 e. The van der Waals surface area contributed by atoms with Crippen LogP contribution < -0.4 is 10.6 Å². The van der Waals surface area contributed by atoms with Gasteiger partial charge in [-0.3, -0.25) is 9.36 Å². The number of hydrogen-bond acceptors (Lipinski definition) is 5. The zero-order valence-electron chi connectivity index (χ0n) is 17.5. The number of benzene rings is 2. The molecule has 10 heteroatoms. The first-order chi connectivity index (χ1) is 15.8. The number of alkyl halides is 3. The molecule has 0 saturated carbocycles. The molecule has 0 aliphatic rings. The van der Waals surface area contributed by atoms with Gasteiger partial charge in [-0.15, -0.1) is 0 Å². The highest BCUT2D eigenvalue weighted by molar-refractivity contribution is 5.92. The van der Waals surface area contributed by atoms with Crippen LogP contribution in [-0.2, 0) is 17.4 Å². The number of nitrogens with zero attached hydrogens (tertiary/aromatic N) is 4. The van der Waals surface area contributed by atoms with Crippen molar-refractivity contribution in [3.05, 3.63) is 90.3 Å². The average molecular weight is 452 g/mol. The first-order valence-electron chi connectivity index (χ1n) is 9.93. The fourth-order valence-corrected chi connectivity index (χ4v) is 3.15. The topological polar surface area (TPSA) is 84.7 Å². The van der Waals surface area contributed by atoms with Gasteiger partial charge in [0.25, 0.3) is 0 Å². The quantitative estimate of drug-likeness (QED) is 0.434. The van der Waals surface area contributed by atoms with Gasteiger partial charge in [-0.2, -0.15) is 13.2 Å². The first kappa shape index (κ1) is 22.0. The molecule has 4 rings (SSSR count). The van der Waals surface area contributed by atoms with E-state index in [9.17, 15) is 18.0 Å². The fraction of sp³-hybridized carbons (Fsp3) is 0.130. The number of halogens is 3. The molecule has 4 aromatic rings. The van der Waals surface area contributed by atoms with Gasteiger partial charge in [-0.25, -0.2) is 15.0 Å². The van der Waals surface area contributed by atoms with Crippen LogP contribution >= 0.6 is 0 Å². The lowest BCUT2D eigenvalue weighted by Gasteiger charge is -2.10. The Hall–Kier alpha value is -4.21. The first-order valence-corrected chi connectivity index (χ1v) is 9.93. The normalized spacial score (nSPS) is 11.3. The number of anilines is 3. The standard InChI is InChI=1S/C23H19F3N6O/c1-15-27-10-11-32(15)21-13-20(28-14-29-21)30-18-6-8-19(9-7-18)31-22(33)12-16-2-4-17(5-3-16)23(24,25)26/h2-11,13-14H,12H2,1H3,(H,31,33)(H,28,29,30). The van der Waals surface area contributed by atoms with Crippen molar-refractivity contribution in [1.29, 1.82) is 0 Å². The Kier molecular flexibility index (Phi) is 6.07. The van der Waals surface area contributed by atoms with Crippen molar-refractivity contribution in [2.75, 3.05) is 10.6 Å². The molecular weight excluding hydrogens is 433 g/mol. The fourth-order valence-electron chi connectivity index (χ4n) is 3.15. The Morgan fingerprint density at radius 2 is 1.67 bits per heavy atom. The lowest BCUT2D eigenvalue weighted by Crippen LogP contribution is -2.14. The largest absolute Gasteiger partial charge is 0.416 e. The van der Waals surface area contributed by atoms with E-state index in [1.54, 1.807) is 36.5 Å². The third-order valence-corrected chi connectivity index (χ3v) is 4.81. The molecule has 0 fully saturated rings. The third kappa shape index (κ3) is 5.53. The van der Waals surface area contributed by atoms with Crippen LogP contribution in [0.2, 0.25) is 0 Å². The lowest BCUT2D eigenvalue weighted by molar-refractivity contribution is -0.137. The molecule has 1 amide bonds. The van der Waals surface area contributed by atoms with E-state index in [2.05, 4.69) is 25.6 Å². The summed E-state index contributed by atoms with van der Waals surface area (Å²) >= 11 is 0. The summed E-state index contributed by atoms with van der Waals surface area (Å²) < 4.78 is 39.8. The van der Waals surface area contributed by atoms with Gasteiger partial charge in [0.1, 0.15) is 23.8 Å². The second-order valence-electron chi connectivity index (χ2n) is 7.23. The second-order valence-corrected chi connectivity index (χ2v) is 7.23. The molecule has 7 nitrogen and oxygen atoms in total. The van der Waals surface area contributed by atoms with Gasteiger partial charge in [0.15, 0.2) is 0 Å². The van der Waals surface area contributed by atoms with E-state index < -0.39 is 11.7 Å². The summed E-state index contributed by atoms with van der Waals surface area (Å²) in [6, 6.07) is 13.3. The van der Waals surface area contributed by atoms with E-state index in [0.717, 1.165) is 23.6 Å². The Balaban J connectivity index is 1.36. The van der Waals surface area contributed by atoms with Crippen molar-refractivity contribution in [3.63, 3.8) is 0 Å². The number of imidazole rings is 1. The zero-order valence-corrected chi connectivity index (χ0v) is 17.5. The predicted octanol–water partition coefficient (Wildman–Crippen LogP) is 4.91. The number of carbonyl (C=O) groups excluding carboxylic acids is 1. The predicted molar refractivity (Wildman–Crippen MR) is 117 cm³/mol. The number of hydrogen-bond donors (Lipinski definition) is 2. The summed E-state index contributed by atoms with van der Waals surface area (Å²) in [6.45, 7) is 1.87. The van der Waals surface area contributed by atoms with Gasteiger partial charge in [0.05, 0.1) is 12.0 Å². The molecule has 2 heterocycles. The van der Waals surface area contributed by atoms with Gasteiger partial charge >= 0.3 is 6.18 Å². The minimum absolute atomic E-state index is 0.0322. The molecule has 0 radical (unpaired) electrons. The average Bonchev–Trinajstić information content (AvgIpc) is 3.21. The summed E-state index contributed by atoms with van der Waals surface area (Å²) in [6.07, 6.45) is 0.517. The summed E-state index contributed by atoms with van der Waals surface area (Å²) in [5, 5.41) is 5.91. The third-order valence-electron chi connectivity index (χ3n) is 4.81. The number of carbonyl (C=O) groups is 1. The molecule has 168 valence electrons. The van der Waals surface area contributed by atoms with Gasteiger partial charge < -0.3 is 10.6 Å². The molecule has 2 N–H and O–H groups in total.